The second-order valence-electron chi connectivity index (χ2n) is 8.44. The van der Waals surface area contributed by atoms with E-state index in [1.807, 2.05) is 41.3 Å². The monoisotopic (exact) mass is 434 g/mol. The molecular weight excluding hydrogens is 412 g/mol. The molecule has 3 aromatic rings. The predicted molar refractivity (Wildman–Crippen MR) is 120 cm³/mol. The van der Waals surface area contributed by atoms with Crippen LogP contribution in [-0.2, 0) is 4.79 Å². The van der Waals surface area contributed by atoms with Gasteiger partial charge in [-0.25, -0.2) is 0 Å². The van der Waals surface area contributed by atoms with Gasteiger partial charge >= 0.3 is 0 Å². The normalized spacial score (nSPS) is 23.5. The first-order valence-electron chi connectivity index (χ1n) is 10.6. The van der Waals surface area contributed by atoms with Gasteiger partial charge in [0.25, 0.3) is 5.91 Å². The van der Waals surface area contributed by atoms with Crippen molar-refractivity contribution in [3.8, 4) is 0 Å². The number of nitrogens with zero attached hydrogens (tertiary/aromatic N) is 3. The number of fused-ring (bicyclic) bond motifs is 1. The van der Waals surface area contributed by atoms with Gasteiger partial charge in [-0.15, -0.1) is 0 Å². The second kappa shape index (κ2) is 7.93. The smallest absolute Gasteiger partial charge is 0.253 e. The standard InChI is InChI=1S/C24H23ClN4O2/c25-16-3-1-4-18(15-16)29-14-11-24(23(29)31)9-7-17(8-10-24)28-22(30)19-5-2-6-20-21(19)27-13-12-26-20/h1-6,12-13,15,17H,7-11,14H2,(H,28,30). The summed E-state index contributed by atoms with van der Waals surface area (Å²) in [5.74, 6) is 0.0502. The minimum atomic E-state index is -0.325. The number of carbonyl (C=O) groups is 2. The molecule has 2 amide bonds. The summed E-state index contributed by atoms with van der Waals surface area (Å²) in [6, 6.07) is 13.0. The number of aromatic nitrogens is 2. The van der Waals surface area contributed by atoms with Crippen LogP contribution in [0.25, 0.3) is 11.0 Å². The van der Waals surface area contributed by atoms with E-state index in [0.29, 0.717) is 28.2 Å². The first-order valence-corrected chi connectivity index (χ1v) is 11.0. The number of nitrogens with one attached hydrogen (secondary N) is 1. The van der Waals surface area contributed by atoms with E-state index < -0.39 is 0 Å². The molecule has 2 aliphatic rings. The van der Waals surface area contributed by atoms with Crippen LogP contribution in [0.2, 0.25) is 5.02 Å². The van der Waals surface area contributed by atoms with E-state index in [9.17, 15) is 9.59 Å². The molecule has 6 nitrogen and oxygen atoms in total. The molecule has 1 aliphatic heterocycles. The van der Waals surface area contributed by atoms with Crippen molar-refractivity contribution in [1.29, 1.82) is 0 Å². The largest absolute Gasteiger partial charge is 0.349 e. The average molecular weight is 435 g/mol. The molecule has 1 saturated heterocycles. The molecule has 158 valence electrons. The maximum Gasteiger partial charge on any atom is 0.253 e. The third-order valence-corrected chi connectivity index (χ3v) is 6.89. The third kappa shape index (κ3) is 3.65. The fourth-order valence-corrected chi connectivity index (χ4v) is 5.11. The van der Waals surface area contributed by atoms with E-state index in [-0.39, 0.29) is 23.3 Å². The summed E-state index contributed by atoms with van der Waals surface area (Å²) < 4.78 is 0. The van der Waals surface area contributed by atoms with E-state index in [0.717, 1.165) is 37.8 Å². The highest BCUT2D eigenvalue weighted by Gasteiger charge is 2.48. The number of carbonyl (C=O) groups excluding carboxylic acids is 2. The Hall–Kier alpha value is -2.99. The zero-order valence-corrected chi connectivity index (χ0v) is 17.8. The molecule has 1 aromatic heterocycles. The highest BCUT2D eigenvalue weighted by Crippen LogP contribution is 2.46. The van der Waals surface area contributed by atoms with Crippen LogP contribution in [0.5, 0.6) is 0 Å². The summed E-state index contributed by atoms with van der Waals surface area (Å²) >= 11 is 6.12. The van der Waals surface area contributed by atoms with Crippen molar-refractivity contribution in [2.24, 2.45) is 5.41 Å². The van der Waals surface area contributed by atoms with E-state index in [1.54, 1.807) is 18.5 Å². The molecule has 0 bridgehead atoms. The van der Waals surface area contributed by atoms with Crippen molar-refractivity contribution < 1.29 is 9.59 Å². The quantitative estimate of drug-likeness (QED) is 0.663. The fourth-order valence-electron chi connectivity index (χ4n) is 4.93. The van der Waals surface area contributed by atoms with Crippen molar-refractivity contribution in [2.45, 2.75) is 38.1 Å². The lowest BCUT2D eigenvalue weighted by atomic mass is 9.71. The maximum atomic E-state index is 13.3. The lowest BCUT2D eigenvalue weighted by Gasteiger charge is -2.36. The summed E-state index contributed by atoms with van der Waals surface area (Å²) in [6.45, 7) is 0.713. The van der Waals surface area contributed by atoms with Crippen LogP contribution in [0, 0.1) is 5.41 Å². The predicted octanol–water partition coefficient (Wildman–Crippen LogP) is 4.38. The Morgan fingerprint density at radius 3 is 2.65 bits per heavy atom. The van der Waals surface area contributed by atoms with Crippen LogP contribution in [0.1, 0.15) is 42.5 Å². The Bertz CT molecular complexity index is 1150. The Morgan fingerprint density at radius 1 is 1.06 bits per heavy atom. The number of hydrogen-bond acceptors (Lipinski definition) is 4. The van der Waals surface area contributed by atoms with E-state index in [1.165, 1.54) is 0 Å². The van der Waals surface area contributed by atoms with Gasteiger partial charge in [-0.1, -0.05) is 23.7 Å². The van der Waals surface area contributed by atoms with Crippen molar-refractivity contribution in [3.63, 3.8) is 0 Å². The molecule has 2 aromatic carbocycles. The molecule has 0 atom stereocenters. The van der Waals surface area contributed by atoms with E-state index in [2.05, 4.69) is 15.3 Å². The Kier molecular flexibility index (Phi) is 5.10. The van der Waals surface area contributed by atoms with Crippen molar-refractivity contribution in [1.82, 2.24) is 15.3 Å². The minimum absolute atomic E-state index is 0.0538. The van der Waals surface area contributed by atoms with Gasteiger partial charge in [-0.2, -0.15) is 0 Å². The number of para-hydroxylation sites is 1. The van der Waals surface area contributed by atoms with Gasteiger partial charge in [0.15, 0.2) is 0 Å². The molecule has 0 radical (unpaired) electrons. The van der Waals surface area contributed by atoms with Crippen LogP contribution in [0.4, 0.5) is 5.69 Å². The van der Waals surface area contributed by atoms with Gasteiger partial charge in [0, 0.05) is 35.7 Å². The van der Waals surface area contributed by atoms with Gasteiger partial charge in [0.1, 0.15) is 5.52 Å². The summed E-state index contributed by atoms with van der Waals surface area (Å²) in [6.07, 6.45) is 7.20. The topological polar surface area (TPSA) is 75.2 Å². The number of hydrogen-bond donors (Lipinski definition) is 1. The Morgan fingerprint density at radius 2 is 1.84 bits per heavy atom. The van der Waals surface area contributed by atoms with Crippen LogP contribution >= 0.6 is 11.6 Å². The maximum absolute atomic E-state index is 13.3. The Labute approximate surface area is 185 Å². The lowest BCUT2D eigenvalue weighted by molar-refractivity contribution is -0.127. The highest BCUT2D eigenvalue weighted by molar-refractivity contribution is 6.31. The van der Waals surface area contributed by atoms with Crippen LogP contribution in [0.3, 0.4) is 0 Å². The molecule has 2 heterocycles. The lowest BCUT2D eigenvalue weighted by Crippen LogP contribution is -2.44. The average Bonchev–Trinajstić information content (AvgIpc) is 3.10. The van der Waals surface area contributed by atoms with E-state index in [4.69, 9.17) is 11.6 Å². The number of rotatable bonds is 3. The number of amides is 2. The molecule has 31 heavy (non-hydrogen) atoms. The fraction of sp³-hybridized carbons (Fsp3) is 0.333. The van der Waals surface area contributed by atoms with Crippen molar-refractivity contribution in [3.05, 3.63) is 65.4 Å². The molecular formula is C24H23ClN4O2. The number of halogens is 1. The first-order chi connectivity index (χ1) is 15.1. The zero-order valence-electron chi connectivity index (χ0n) is 17.1. The minimum Gasteiger partial charge on any atom is -0.349 e. The van der Waals surface area contributed by atoms with Gasteiger partial charge in [0.05, 0.1) is 16.5 Å². The van der Waals surface area contributed by atoms with E-state index >= 15 is 0 Å². The SMILES string of the molecule is O=C(NC1CCC2(CC1)CCN(c1cccc(Cl)c1)C2=O)c1cccc2nccnc12. The highest BCUT2D eigenvalue weighted by atomic mass is 35.5. The summed E-state index contributed by atoms with van der Waals surface area (Å²) in [5, 5.41) is 3.78. The van der Waals surface area contributed by atoms with Gasteiger partial charge in [0.2, 0.25) is 5.91 Å². The number of anilines is 1. The Balaban J connectivity index is 1.25. The molecule has 1 aliphatic carbocycles. The first kappa shape index (κ1) is 19.9. The molecule has 7 heteroatoms. The van der Waals surface area contributed by atoms with Crippen LogP contribution in [0.15, 0.2) is 54.9 Å². The van der Waals surface area contributed by atoms with Crippen molar-refractivity contribution >= 4 is 40.1 Å². The van der Waals surface area contributed by atoms with Gasteiger partial charge in [-0.05, 0) is 62.4 Å². The summed E-state index contributed by atoms with van der Waals surface area (Å²) in [4.78, 5) is 36.6. The molecule has 1 spiro atoms. The van der Waals surface area contributed by atoms with Crippen molar-refractivity contribution in [2.75, 3.05) is 11.4 Å². The van der Waals surface area contributed by atoms with Gasteiger partial charge in [-0.3, -0.25) is 19.6 Å². The molecule has 2 fully saturated rings. The summed E-state index contributed by atoms with van der Waals surface area (Å²) in [5.41, 5.74) is 2.39. The zero-order chi connectivity index (χ0) is 21.4. The number of benzene rings is 2. The molecule has 1 N–H and O–H groups in total. The molecule has 1 saturated carbocycles. The third-order valence-electron chi connectivity index (χ3n) is 6.65. The molecule has 5 rings (SSSR count). The van der Waals surface area contributed by atoms with Crippen LogP contribution < -0.4 is 10.2 Å². The molecule has 0 unspecified atom stereocenters. The van der Waals surface area contributed by atoms with Gasteiger partial charge < -0.3 is 10.2 Å². The summed E-state index contributed by atoms with van der Waals surface area (Å²) in [7, 11) is 0. The van der Waals surface area contributed by atoms with Crippen LogP contribution in [-0.4, -0.2) is 34.4 Å². The second-order valence-corrected chi connectivity index (χ2v) is 8.88.